The van der Waals surface area contributed by atoms with E-state index in [0.29, 0.717) is 10.7 Å². The second-order valence-electron chi connectivity index (χ2n) is 3.32. The molecule has 2 aromatic rings. The van der Waals surface area contributed by atoms with Crippen LogP contribution in [-0.4, -0.2) is 10.8 Å². The molecule has 0 amide bonds. The fourth-order valence-corrected chi connectivity index (χ4v) is 2.58. The van der Waals surface area contributed by atoms with Gasteiger partial charge in [-0.15, -0.1) is 0 Å². The molecule has 17 heavy (non-hydrogen) atoms. The second kappa shape index (κ2) is 5.21. The van der Waals surface area contributed by atoms with Crippen LogP contribution in [0.3, 0.4) is 0 Å². The maximum absolute atomic E-state index is 7.46. The minimum atomic E-state index is -0.0323. The van der Waals surface area contributed by atoms with E-state index in [9.17, 15) is 0 Å². The summed E-state index contributed by atoms with van der Waals surface area (Å²) in [6, 6.07) is 11.2. The van der Waals surface area contributed by atoms with E-state index in [1.807, 2.05) is 36.4 Å². The summed E-state index contributed by atoms with van der Waals surface area (Å²) < 4.78 is 0. The number of pyridine rings is 1. The molecule has 2 rings (SSSR count). The second-order valence-corrected chi connectivity index (χ2v) is 4.88. The molecule has 0 saturated heterocycles. The van der Waals surface area contributed by atoms with E-state index in [1.54, 1.807) is 6.20 Å². The van der Waals surface area contributed by atoms with Crippen LogP contribution >= 0.6 is 23.4 Å². The molecule has 1 heterocycles. The van der Waals surface area contributed by atoms with Gasteiger partial charge in [0.15, 0.2) is 0 Å². The summed E-state index contributed by atoms with van der Waals surface area (Å²) in [4.78, 5) is 5.94. The van der Waals surface area contributed by atoms with Crippen molar-refractivity contribution in [1.29, 1.82) is 5.41 Å². The summed E-state index contributed by atoms with van der Waals surface area (Å²) in [6.45, 7) is 0. The minimum Gasteiger partial charge on any atom is -0.382 e. The fourth-order valence-electron chi connectivity index (χ4n) is 1.33. The molecule has 0 radical (unpaired) electrons. The van der Waals surface area contributed by atoms with Crippen molar-refractivity contribution in [1.82, 2.24) is 4.98 Å². The van der Waals surface area contributed by atoms with Crippen molar-refractivity contribution in [3.8, 4) is 0 Å². The molecule has 0 unspecified atom stereocenters. The molecule has 0 fully saturated rings. The number of amidine groups is 1. The first-order valence-electron chi connectivity index (χ1n) is 4.89. The highest BCUT2D eigenvalue weighted by Gasteiger charge is 2.07. The average molecular weight is 264 g/mol. The summed E-state index contributed by atoms with van der Waals surface area (Å²) >= 11 is 7.41. The van der Waals surface area contributed by atoms with E-state index in [-0.39, 0.29) is 5.84 Å². The number of nitrogens with zero attached hydrogens (tertiary/aromatic N) is 1. The van der Waals surface area contributed by atoms with Gasteiger partial charge in [0.25, 0.3) is 0 Å². The highest BCUT2D eigenvalue weighted by molar-refractivity contribution is 7.99. The first-order valence-corrected chi connectivity index (χ1v) is 6.09. The Balaban J connectivity index is 2.33. The Morgan fingerprint density at radius 2 is 2.12 bits per heavy atom. The molecular weight excluding hydrogens is 254 g/mol. The van der Waals surface area contributed by atoms with E-state index in [1.165, 1.54) is 11.8 Å². The van der Waals surface area contributed by atoms with Crippen LogP contribution in [0.2, 0.25) is 5.02 Å². The third kappa shape index (κ3) is 2.99. The molecule has 0 aliphatic rings. The predicted molar refractivity (Wildman–Crippen MR) is 70.8 cm³/mol. The van der Waals surface area contributed by atoms with Crippen LogP contribution in [0.1, 0.15) is 5.69 Å². The van der Waals surface area contributed by atoms with Crippen LogP contribution in [0.5, 0.6) is 0 Å². The van der Waals surface area contributed by atoms with Crippen LogP contribution in [0.15, 0.2) is 52.4 Å². The summed E-state index contributed by atoms with van der Waals surface area (Å²) in [5.74, 6) is -0.0323. The molecule has 0 aliphatic heterocycles. The zero-order chi connectivity index (χ0) is 12.3. The SMILES string of the molecule is N=C(N)c1ncccc1Sc1cccc(Cl)c1. The van der Waals surface area contributed by atoms with E-state index in [2.05, 4.69) is 4.98 Å². The van der Waals surface area contributed by atoms with Crippen molar-refractivity contribution >= 4 is 29.2 Å². The molecule has 1 aromatic carbocycles. The molecule has 5 heteroatoms. The van der Waals surface area contributed by atoms with Crippen molar-refractivity contribution in [3.05, 3.63) is 53.3 Å². The summed E-state index contributed by atoms with van der Waals surface area (Å²) in [5.41, 5.74) is 5.98. The van der Waals surface area contributed by atoms with Crippen LogP contribution in [0.25, 0.3) is 0 Å². The fraction of sp³-hybridized carbons (Fsp3) is 0. The third-order valence-electron chi connectivity index (χ3n) is 2.05. The van der Waals surface area contributed by atoms with Crippen molar-refractivity contribution < 1.29 is 0 Å². The van der Waals surface area contributed by atoms with Gasteiger partial charge in [-0.25, -0.2) is 0 Å². The summed E-state index contributed by atoms with van der Waals surface area (Å²) in [6.07, 6.45) is 1.62. The number of nitrogens with one attached hydrogen (secondary N) is 1. The first kappa shape index (κ1) is 12.0. The minimum absolute atomic E-state index is 0.0323. The zero-order valence-corrected chi connectivity index (χ0v) is 10.4. The largest absolute Gasteiger partial charge is 0.382 e. The molecule has 3 nitrogen and oxygen atoms in total. The lowest BCUT2D eigenvalue weighted by Gasteiger charge is -2.06. The van der Waals surface area contributed by atoms with Crippen molar-refractivity contribution in [2.45, 2.75) is 9.79 Å². The Labute approximate surface area is 109 Å². The number of hydrogen-bond donors (Lipinski definition) is 2. The smallest absolute Gasteiger partial charge is 0.142 e. The first-order chi connectivity index (χ1) is 8.16. The van der Waals surface area contributed by atoms with Crippen molar-refractivity contribution in [3.63, 3.8) is 0 Å². The van der Waals surface area contributed by atoms with Crippen LogP contribution in [-0.2, 0) is 0 Å². The van der Waals surface area contributed by atoms with Crippen molar-refractivity contribution in [2.24, 2.45) is 5.73 Å². The van der Waals surface area contributed by atoms with Gasteiger partial charge in [-0.3, -0.25) is 10.4 Å². The van der Waals surface area contributed by atoms with Gasteiger partial charge in [0.1, 0.15) is 11.5 Å². The van der Waals surface area contributed by atoms with Gasteiger partial charge in [-0.1, -0.05) is 29.4 Å². The number of benzene rings is 1. The summed E-state index contributed by atoms with van der Waals surface area (Å²) in [7, 11) is 0. The Morgan fingerprint density at radius 3 is 2.82 bits per heavy atom. The van der Waals surface area contributed by atoms with Gasteiger partial charge >= 0.3 is 0 Å². The van der Waals surface area contributed by atoms with Crippen LogP contribution in [0, 0.1) is 5.41 Å². The lowest BCUT2D eigenvalue weighted by molar-refractivity contribution is 1.17. The number of hydrogen-bond acceptors (Lipinski definition) is 3. The van der Waals surface area contributed by atoms with Crippen molar-refractivity contribution in [2.75, 3.05) is 0 Å². The standard InChI is InChI=1S/C12H10ClN3S/c13-8-3-1-4-9(7-8)17-10-5-2-6-16-11(10)12(14)15/h1-7H,(H3,14,15). The molecule has 86 valence electrons. The maximum Gasteiger partial charge on any atom is 0.142 e. The lowest BCUT2D eigenvalue weighted by Crippen LogP contribution is -2.14. The van der Waals surface area contributed by atoms with Gasteiger partial charge in [0.2, 0.25) is 0 Å². The number of rotatable bonds is 3. The normalized spacial score (nSPS) is 10.2. The van der Waals surface area contributed by atoms with E-state index < -0.39 is 0 Å². The monoisotopic (exact) mass is 263 g/mol. The molecule has 0 spiro atoms. The Kier molecular flexibility index (Phi) is 3.66. The lowest BCUT2D eigenvalue weighted by atomic mass is 10.3. The molecule has 0 bridgehead atoms. The average Bonchev–Trinajstić information content (AvgIpc) is 2.29. The Bertz CT molecular complexity index is 557. The zero-order valence-electron chi connectivity index (χ0n) is 8.85. The van der Waals surface area contributed by atoms with E-state index in [0.717, 1.165) is 9.79 Å². The number of halogens is 1. The topological polar surface area (TPSA) is 62.8 Å². The highest BCUT2D eigenvalue weighted by atomic mass is 35.5. The molecule has 0 atom stereocenters. The van der Waals surface area contributed by atoms with E-state index >= 15 is 0 Å². The number of nitrogens with two attached hydrogens (primary N) is 1. The van der Waals surface area contributed by atoms with Gasteiger partial charge < -0.3 is 5.73 Å². The highest BCUT2D eigenvalue weighted by Crippen LogP contribution is 2.30. The molecule has 1 aromatic heterocycles. The molecule has 0 saturated carbocycles. The molecule has 3 N–H and O–H groups in total. The number of nitrogen functional groups attached to an aromatic ring is 1. The molecule has 0 aliphatic carbocycles. The maximum atomic E-state index is 7.46. The Hall–Kier alpha value is -1.52. The predicted octanol–water partition coefficient (Wildman–Crippen LogP) is 3.17. The number of aromatic nitrogens is 1. The molecular formula is C12H10ClN3S. The van der Waals surface area contributed by atoms with Crippen LogP contribution in [0.4, 0.5) is 0 Å². The van der Waals surface area contributed by atoms with Gasteiger partial charge in [-0.05, 0) is 30.3 Å². The third-order valence-corrected chi connectivity index (χ3v) is 3.32. The van der Waals surface area contributed by atoms with Gasteiger partial charge in [-0.2, -0.15) is 0 Å². The van der Waals surface area contributed by atoms with Crippen LogP contribution < -0.4 is 5.73 Å². The van der Waals surface area contributed by atoms with E-state index in [4.69, 9.17) is 22.7 Å². The quantitative estimate of drug-likeness (QED) is 0.660. The Morgan fingerprint density at radius 1 is 1.29 bits per heavy atom. The van der Waals surface area contributed by atoms with Gasteiger partial charge in [0.05, 0.1) is 0 Å². The summed E-state index contributed by atoms with van der Waals surface area (Å²) in [5, 5.41) is 8.14. The van der Waals surface area contributed by atoms with Gasteiger partial charge in [0, 0.05) is 21.0 Å².